The summed E-state index contributed by atoms with van der Waals surface area (Å²) in [5, 5.41) is 0. The van der Waals surface area contributed by atoms with Crippen molar-refractivity contribution in [3.8, 4) is 0 Å². The third-order valence-electron chi connectivity index (χ3n) is 8.27. The number of rotatable bonds is 27. The minimum absolute atomic E-state index is 0. The number of ether oxygens (including phenoxy) is 1. The Bertz CT molecular complexity index is 453. The molecule has 0 aliphatic rings. The van der Waals surface area contributed by atoms with E-state index in [-0.39, 0.29) is 24.6 Å². The largest absolute Gasteiger partial charge is 1.00 e. The summed E-state index contributed by atoms with van der Waals surface area (Å²) in [6, 6.07) is 0. The van der Waals surface area contributed by atoms with Gasteiger partial charge in [0, 0.05) is 13.3 Å². The molecule has 0 radical (unpaired) electrons. The Morgan fingerprint density at radius 1 is 0.556 bits per heavy atom. The zero-order valence-corrected chi connectivity index (χ0v) is 26.2. The highest BCUT2D eigenvalue weighted by Gasteiger charge is 2.32. The van der Waals surface area contributed by atoms with Gasteiger partial charge in [-0.3, -0.25) is 9.28 Å². The van der Waals surface area contributed by atoms with Crippen molar-refractivity contribution in [2.45, 2.75) is 182 Å². The van der Waals surface area contributed by atoms with E-state index in [0.29, 0.717) is 6.42 Å². The third-order valence-corrected chi connectivity index (χ3v) is 8.27. The molecule has 0 heterocycles. The first-order valence-corrected chi connectivity index (χ1v) is 16.1. The lowest BCUT2D eigenvalue weighted by atomic mass is 10.0. The summed E-state index contributed by atoms with van der Waals surface area (Å²) in [4.78, 5) is 12.5. The normalized spacial score (nSPS) is 12.4. The van der Waals surface area contributed by atoms with Crippen LogP contribution < -0.4 is 12.4 Å². The second-order valence-corrected chi connectivity index (χ2v) is 11.1. The van der Waals surface area contributed by atoms with Gasteiger partial charge in [-0.1, -0.05) is 129 Å². The predicted octanol–water partition coefficient (Wildman–Crippen LogP) is 7.36. The van der Waals surface area contributed by atoms with Crippen LogP contribution in [0.2, 0.25) is 0 Å². The number of carbonyl (C=O) groups is 1. The molecule has 0 saturated carbocycles. The Balaban J connectivity index is 0. The maximum Gasteiger partial charge on any atom is 0.310 e. The molecule has 0 aliphatic carbocycles. The van der Waals surface area contributed by atoms with E-state index in [9.17, 15) is 4.79 Å². The Kier molecular flexibility index (Phi) is 29.2. The summed E-state index contributed by atoms with van der Waals surface area (Å²) < 4.78 is 6.88. The van der Waals surface area contributed by atoms with Crippen molar-refractivity contribution in [2.24, 2.45) is 0 Å². The van der Waals surface area contributed by atoms with E-state index in [0.717, 1.165) is 37.0 Å². The lowest BCUT2D eigenvalue weighted by Crippen LogP contribution is -3.00. The van der Waals surface area contributed by atoms with Crippen LogP contribution in [0.5, 0.6) is 0 Å². The molecule has 0 aromatic heterocycles. The molecule has 1 atom stereocenters. The van der Waals surface area contributed by atoms with Crippen LogP contribution in [0.4, 0.5) is 0 Å². The third kappa shape index (κ3) is 20.7. The summed E-state index contributed by atoms with van der Waals surface area (Å²) >= 11 is 0. The molecule has 0 spiro atoms. The van der Waals surface area contributed by atoms with Crippen molar-refractivity contribution >= 4 is 5.97 Å². The van der Waals surface area contributed by atoms with E-state index in [4.69, 9.17) is 4.74 Å². The van der Waals surface area contributed by atoms with Crippen molar-refractivity contribution in [1.29, 1.82) is 0 Å². The average molecular weight is 532 g/mol. The van der Waals surface area contributed by atoms with E-state index < -0.39 is 0 Å². The maximum atomic E-state index is 12.5. The number of halogens is 1. The molecule has 0 bridgehead atoms. The van der Waals surface area contributed by atoms with E-state index in [2.05, 4.69) is 34.6 Å². The molecule has 0 fully saturated rings. The first-order chi connectivity index (χ1) is 17.1. The van der Waals surface area contributed by atoms with E-state index >= 15 is 0 Å². The highest BCUT2D eigenvalue weighted by Crippen LogP contribution is 2.20. The van der Waals surface area contributed by atoms with Crippen LogP contribution in [0, 0.1) is 0 Å². The number of quaternary nitrogens is 1. The minimum atomic E-state index is -0.0243. The van der Waals surface area contributed by atoms with Crippen molar-refractivity contribution in [2.75, 3.05) is 19.6 Å². The molecule has 4 heteroatoms. The van der Waals surface area contributed by atoms with Crippen molar-refractivity contribution in [3.05, 3.63) is 0 Å². The number of unbranched alkanes of at least 4 members (excludes halogenated alkanes) is 19. The molecule has 1 unspecified atom stereocenters. The Morgan fingerprint density at radius 2 is 0.889 bits per heavy atom. The van der Waals surface area contributed by atoms with Gasteiger partial charge in [0.25, 0.3) is 0 Å². The van der Waals surface area contributed by atoms with Gasteiger partial charge < -0.3 is 17.1 Å². The van der Waals surface area contributed by atoms with Crippen LogP contribution in [0.25, 0.3) is 0 Å². The number of hydrogen-bond acceptors (Lipinski definition) is 2. The molecular weight excluding hydrogens is 466 g/mol. The molecule has 0 aromatic carbocycles. The molecule has 0 saturated heterocycles. The topological polar surface area (TPSA) is 26.3 Å². The minimum Gasteiger partial charge on any atom is -1.00 e. The second kappa shape index (κ2) is 27.7. The smallest absolute Gasteiger partial charge is 0.310 e. The summed E-state index contributed by atoms with van der Waals surface area (Å²) in [5.74, 6) is 0.0135. The highest BCUT2D eigenvalue weighted by atomic mass is 35.5. The average Bonchev–Trinajstić information content (AvgIpc) is 2.86. The monoisotopic (exact) mass is 531 g/mol. The Hall–Kier alpha value is -0.280. The fourth-order valence-corrected chi connectivity index (χ4v) is 5.44. The van der Waals surface area contributed by atoms with Gasteiger partial charge >= 0.3 is 5.97 Å². The molecule has 36 heavy (non-hydrogen) atoms. The van der Waals surface area contributed by atoms with Crippen LogP contribution >= 0.6 is 0 Å². The van der Waals surface area contributed by atoms with Crippen LogP contribution in [-0.4, -0.2) is 36.3 Å². The first kappa shape index (κ1) is 37.9. The van der Waals surface area contributed by atoms with Gasteiger partial charge in [-0.05, 0) is 33.1 Å². The number of hydrogen-bond donors (Lipinski definition) is 0. The number of esters is 1. The Labute approximate surface area is 233 Å². The number of carbonyl (C=O) groups excluding carboxylic acids is 1. The fraction of sp³-hybridized carbons (Fsp3) is 0.969. The van der Waals surface area contributed by atoms with Crippen LogP contribution in [0.15, 0.2) is 0 Å². The summed E-state index contributed by atoms with van der Waals surface area (Å²) in [6.45, 7) is 14.4. The quantitative estimate of drug-likeness (QED) is 0.0479. The highest BCUT2D eigenvalue weighted by molar-refractivity contribution is 5.69. The van der Waals surface area contributed by atoms with E-state index in [1.165, 1.54) is 122 Å². The summed E-state index contributed by atoms with van der Waals surface area (Å²) in [7, 11) is 0. The second-order valence-electron chi connectivity index (χ2n) is 11.1. The van der Waals surface area contributed by atoms with E-state index in [1.807, 2.05) is 0 Å². The molecule has 218 valence electrons. The van der Waals surface area contributed by atoms with Crippen LogP contribution in [-0.2, 0) is 9.53 Å². The zero-order valence-electron chi connectivity index (χ0n) is 25.4. The fourth-order valence-electron chi connectivity index (χ4n) is 5.44. The van der Waals surface area contributed by atoms with Crippen molar-refractivity contribution < 1.29 is 26.4 Å². The van der Waals surface area contributed by atoms with Crippen LogP contribution in [0.1, 0.15) is 176 Å². The molecule has 0 rings (SSSR count). The maximum absolute atomic E-state index is 12.5. The first-order valence-electron chi connectivity index (χ1n) is 16.1. The van der Waals surface area contributed by atoms with Gasteiger partial charge in [-0.15, -0.1) is 0 Å². The molecule has 0 aliphatic heterocycles. The molecular formula is C32H66ClNO2. The summed E-state index contributed by atoms with van der Waals surface area (Å²) in [5.41, 5.74) is 0. The zero-order chi connectivity index (χ0) is 26.0. The number of nitrogens with zero attached hydrogens (tertiary/aromatic N) is 1. The van der Waals surface area contributed by atoms with E-state index in [1.54, 1.807) is 0 Å². The predicted molar refractivity (Wildman–Crippen MR) is 155 cm³/mol. The van der Waals surface area contributed by atoms with Crippen LogP contribution in [0.3, 0.4) is 0 Å². The molecule has 0 amide bonds. The van der Waals surface area contributed by atoms with Gasteiger partial charge in [0.1, 0.15) is 0 Å². The SMILES string of the molecule is CCCCCCCCCCCCCC[N+](CC)(CC)C(C)OC(=O)CCCCCCCCCCC.[Cl-]. The van der Waals surface area contributed by atoms with Gasteiger partial charge in [0.05, 0.1) is 19.6 Å². The van der Waals surface area contributed by atoms with Gasteiger partial charge in [-0.25, -0.2) is 0 Å². The van der Waals surface area contributed by atoms with Crippen molar-refractivity contribution in [1.82, 2.24) is 0 Å². The Morgan fingerprint density at radius 3 is 1.25 bits per heavy atom. The lowest BCUT2D eigenvalue weighted by Gasteiger charge is -2.41. The van der Waals surface area contributed by atoms with Gasteiger partial charge in [0.15, 0.2) is 0 Å². The summed E-state index contributed by atoms with van der Waals surface area (Å²) in [6.07, 6.45) is 28.7. The van der Waals surface area contributed by atoms with Gasteiger partial charge in [-0.2, -0.15) is 0 Å². The van der Waals surface area contributed by atoms with Gasteiger partial charge in [0.2, 0.25) is 6.23 Å². The van der Waals surface area contributed by atoms with Crippen molar-refractivity contribution in [3.63, 3.8) is 0 Å². The lowest BCUT2D eigenvalue weighted by molar-refractivity contribution is -0.964. The molecule has 3 nitrogen and oxygen atoms in total. The standard InChI is InChI=1S/C32H66NO2.ClH/c1-6-10-12-14-16-18-19-20-22-24-26-28-30-33(8-3,9-4)31(5)35-32(34)29-27-25-23-21-17-15-13-11-7-2;/h31H,6-30H2,1-5H3;1H/q+1;/p-1. The molecule has 0 N–H and O–H groups in total. The molecule has 0 aromatic rings.